The number of hydrogen-bond acceptors (Lipinski definition) is 4. The normalized spacial score (nSPS) is 12.3. The summed E-state index contributed by atoms with van der Waals surface area (Å²) in [5, 5.41) is 2.76. The molecule has 33 heavy (non-hydrogen) atoms. The third-order valence-corrected chi connectivity index (χ3v) is 6.01. The number of hydrogen-bond donors (Lipinski definition) is 1. The average molecular weight is 482 g/mol. The molecule has 0 aliphatic carbocycles. The number of carbonyl (C=O) groups is 2. The van der Waals surface area contributed by atoms with Crippen LogP contribution in [0.15, 0.2) is 48.5 Å². The molecule has 0 aromatic heterocycles. The zero-order chi connectivity index (χ0) is 24.8. The van der Waals surface area contributed by atoms with E-state index in [4.69, 9.17) is 0 Å². The van der Waals surface area contributed by atoms with Gasteiger partial charge in [0.15, 0.2) is 0 Å². The number of rotatable bonds is 10. The van der Waals surface area contributed by atoms with E-state index < -0.39 is 46.1 Å². The van der Waals surface area contributed by atoms with Gasteiger partial charge in [-0.2, -0.15) is 0 Å². The molecule has 2 amide bonds. The first kappa shape index (κ1) is 26.2. The molecule has 7 nitrogen and oxygen atoms in total. The van der Waals surface area contributed by atoms with Crippen molar-refractivity contribution in [3.63, 3.8) is 0 Å². The Balaban J connectivity index is 2.44. The zero-order valence-electron chi connectivity index (χ0n) is 19.1. The monoisotopic (exact) mass is 481 g/mol. The Morgan fingerprint density at radius 3 is 2.15 bits per heavy atom. The van der Waals surface area contributed by atoms with E-state index in [0.717, 1.165) is 12.3 Å². The van der Waals surface area contributed by atoms with Crippen molar-refractivity contribution in [3.05, 3.63) is 65.7 Å². The van der Waals surface area contributed by atoms with Gasteiger partial charge in [-0.05, 0) is 50.1 Å². The van der Waals surface area contributed by atoms with E-state index in [1.807, 2.05) is 0 Å². The highest BCUT2D eigenvalue weighted by Gasteiger charge is 2.32. The van der Waals surface area contributed by atoms with Crippen LogP contribution in [0.3, 0.4) is 0 Å². The Morgan fingerprint density at radius 1 is 1.03 bits per heavy atom. The zero-order valence-corrected chi connectivity index (χ0v) is 19.9. The highest BCUT2D eigenvalue weighted by atomic mass is 32.2. The van der Waals surface area contributed by atoms with E-state index in [0.29, 0.717) is 9.87 Å². The molecule has 0 radical (unpaired) electrons. The number of para-hydroxylation sites is 1. The summed E-state index contributed by atoms with van der Waals surface area (Å²) in [6, 6.07) is 9.56. The quantitative estimate of drug-likeness (QED) is 0.565. The predicted octanol–water partition coefficient (Wildman–Crippen LogP) is 3.06. The topological polar surface area (TPSA) is 86.8 Å². The van der Waals surface area contributed by atoms with E-state index in [2.05, 4.69) is 5.32 Å². The van der Waals surface area contributed by atoms with Crippen LogP contribution in [0.25, 0.3) is 0 Å². The fourth-order valence-corrected chi connectivity index (χ4v) is 4.19. The van der Waals surface area contributed by atoms with Gasteiger partial charge in [-0.1, -0.05) is 31.2 Å². The molecule has 0 aliphatic heterocycles. The highest BCUT2D eigenvalue weighted by molar-refractivity contribution is 7.92. The molecule has 0 bridgehead atoms. The van der Waals surface area contributed by atoms with Crippen LogP contribution in [0.5, 0.6) is 0 Å². The highest BCUT2D eigenvalue weighted by Crippen LogP contribution is 2.22. The molecule has 1 N–H and O–H groups in total. The maximum atomic E-state index is 14.4. The summed E-state index contributed by atoms with van der Waals surface area (Å²) in [5.41, 5.74) is 0.284. The van der Waals surface area contributed by atoms with Crippen molar-refractivity contribution in [3.8, 4) is 0 Å². The van der Waals surface area contributed by atoms with Gasteiger partial charge in [-0.15, -0.1) is 0 Å². The second-order valence-corrected chi connectivity index (χ2v) is 9.86. The lowest BCUT2D eigenvalue weighted by Crippen LogP contribution is -2.53. The summed E-state index contributed by atoms with van der Waals surface area (Å²) in [6.07, 6.45) is 1.13. The van der Waals surface area contributed by atoms with Crippen molar-refractivity contribution in [1.29, 1.82) is 0 Å². The molecule has 2 aromatic rings. The Morgan fingerprint density at radius 2 is 1.64 bits per heavy atom. The standard InChI is InChI=1S/C23H29F2N3O4S/c1-5-20(23(30)26-16(2)3)27(14-17-10-12-18(24)13-11-17)22(29)15-28(33(4,31)32)21-9-7-6-8-19(21)25/h6-13,16,20H,5,14-15H2,1-4H3,(H,26,30)/t20-/m0/s1. The van der Waals surface area contributed by atoms with E-state index in [1.54, 1.807) is 20.8 Å². The maximum absolute atomic E-state index is 14.4. The SMILES string of the molecule is CC[C@@H](C(=O)NC(C)C)N(Cc1ccc(F)cc1)C(=O)CN(c1ccccc1F)S(C)(=O)=O. The summed E-state index contributed by atoms with van der Waals surface area (Å²) in [6.45, 7) is 4.52. The fourth-order valence-electron chi connectivity index (χ4n) is 3.34. The third-order valence-electron chi connectivity index (χ3n) is 4.88. The van der Waals surface area contributed by atoms with Crippen LogP contribution in [0.4, 0.5) is 14.5 Å². The predicted molar refractivity (Wildman–Crippen MR) is 123 cm³/mol. The van der Waals surface area contributed by atoms with Crippen LogP contribution in [-0.2, 0) is 26.2 Å². The lowest BCUT2D eigenvalue weighted by Gasteiger charge is -2.33. The number of nitrogens with zero attached hydrogens (tertiary/aromatic N) is 2. The first-order chi connectivity index (χ1) is 15.4. The van der Waals surface area contributed by atoms with Gasteiger partial charge in [0.1, 0.15) is 24.2 Å². The number of carbonyl (C=O) groups excluding carboxylic acids is 2. The van der Waals surface area contributed by atoms with Gasteiger partial charge < -0.3 is 10.2 Å². The minimum Gasteiger partial charge on any atom is -0.352 e. The van der Waals surface area contributed by atoms with Crippen molar-refractivity contribution in [2.75, 3.05) is 17.1 Å². The van der Waals surface area contributed by atoms with E-state index >= 15 is 0 Å². The molecule has 0 fully saturated rings. The summed E-state index contributed by atoms with van der Waals surface area (Å²) < 4.78 is 53.3. The molecule has 0 spiro atoms. The number of benzene rings is 2. The Hall–Kier alpha value is -3.01. The number of halogens is 2. The van der Waals surface area contributed by atoms with Gasteiger partial charge >= 0.3 is 0 Å². The number of amides is 2. The lowest BCUT2D eigenvalue weighted by atomic mass is 10.1. The molecule has 0 aliphatic rings. The first-order valence-corrected chi connectivity index (χ1v) is 12.3. The van der Waals surface area contributed by atoms with E-state index in [-0.39, 0.29) is 24.7 Å². The number of anilines is 1. The van der Waals surface area contributed by atoms with Crippen LogP contribution in [0.2, 0.25) is 0 Å². The second kappa shape index (κ2) is 11.2. The van der Waals surface area contributed by atoms with Gasteiger partial charge in [-0.25, -0.2) is 17.2 Å². The molecule has 180 valence electrons. The van der Waals surface area contributed by atoms with Gasteiger partial charge in [0, 0.05) is 12.6 Å². The Kier molecular flexibility index (Phi) is 8.92. The van der Waals surface area contributed by atoms with Crippen LogP contribution in [0.1, 0.15) is 32.8 Å². The molecule has 0 heterocycles. The lowest BCUT2D eigenvalue weighted by molar-refractivity contribution is -0.140. The molecule has 2 aromatic carbocycles. The summed E-state index contributed by atoms with van der Waals surface area (Å²) in [4.78, 5) is 27.5. The second-order valence-electron chi connectivity index (χ2n) is 7.96. The van der Waals surface area contributed by atoms with E-state index in [1.165, 1.54) is 47.4 Å². The summed E-state index contributed by atoms with van der Waals surface area (Å²) >= 11 is 0. The maximum Gasteiger partial charge on any atom is 0.244 e. The molecular formula is C23H29F2N3O4S. The summed E-state index contributed by atoms with van der Waals surface area (Å²) in [5.74, 6) is -2.35. The van der Waals surface area contributed by atoms with Gasteiger partial charge in [0.05, 0.1) is 11.9 Å². The van der Waals surface area contributed by atoms with Gasteiger partial charge in [0.2, 0.25) is 21.8 Å². The average Bonchev–Trinajstić information content (AvgIpc) is 2.72. The number of sulfonamides is 1. The molecule has 0 unspecified atom stereocenters. The minimum atomic E-state index is -4.02. The third kappa shape index (κ3) is 7.24. The van der Waals surface area contributed by atoms with Crippen LogP contribution in [0, 0.1) is 11.6 Å². The van der Waals surface area contributed by atoms with Gasteiger partial charge in [0.25, 0.3) is 0 Å². The van der Waals surface area contributed by atoms with Crippen LogP contribution < -0.4 is 9.62 Å². The molecule has 0 saturated carbocycles. The Bertz CT molecular complexity index is 1080. The smallest absolute Gasteiger partial charge is 0.244 e. The van der Waals surface area contributed by atoms with Crippen LogP contribution >= 0.6 is 0 Å². The van der Waals surface area contributed by atoms with Crippen LogP contribution in [-0.4, -0.2) is 50.0 Å². The minimum absolute atomic E-state index is 0.0575. The number of nitrogens with one attached hydrogen (secondary N) is 1. The summed E-state index contributed by atoms with van der Waals surface area (Å²) in [7, 11) is -4.02. The molecular weight excluding hydrogens is 452 g/mol. The Labute approximate surface area is 193 Å². The molecule has 10 heteroatoms. The van der Waals surface area contributed by atoms with Crippen molar-refractivity contribution >= 4 is 27.5 Å². The van der Waals surface area contributed by atoms with E-state index in [9.17, 15) is 26.8 Å². The largest absolute Gasteiger partial charge is 0.352 e. The van der Waals surface area contributed by atoms with Crippen molar-refractivity contribution in [1.82, 2.24) is 10.2 Å². The molecule has 2 rings (SSSR count). The fraction of sp³-hybridized carbons (Fsp3) is 0.391. The van der Waals surface area contributed by atoms with Gasteiger partial charge in [-0.3, -0.25) is 13.9 Å². The van der Waals surface area contributed by atoms with Crippen molar-refractivity contribution in [2.45, 2.75) is 45.8 Å². The van der Waals surface area contributed by atoms with Crippen molar-refractivity contribution < 1.29 is 26.8 Å². The molecule has 0 saturated heterocycles. The first-order valence-electron chi connectivity index (χ1n) is 10.5. The molecule has 1 atom stereocenters. The van der Waals surface area contributed by atoms with Crippen molar-refractivity contribution in [2.24, 2.45) is 0 Å².